The van der Waals surface area contributed by atoms with E-state index < -0.39 is 32.6 Å². The van der Waals surface area contributed by atoms with Crippen molar-refractivity contribution in [2.45, 2.75) is 0 Å². The molecule has 0 unspecified atom stereocenters. The first kappa shape index (κ1) is 24.4. The molecule has 4 aromatic rings. The zero-order valence-electron chi connectivity index (χ0n) is 16.7. The average molecular weight is 551 g/mol. The summed E-state index contributed by atoms with van der Waals surface area (Å²) in [6.07, 6.45) is 0. The predicted molar refractivity (Wildman–Crippen MR) is 123 cm³/mol. The molecule has 0 fully saturated rings. The Morgan fingerprint density at radius 3 is 1.03 bits per heavy atom. The summed E-state index contributed by atoms with van der Waals surface area (Å²) >= 11 is -4.45. The SMILES string of the molecule is O=[C]=[Cr](=[C]=O)=[C]=O.c1cc[cH-]c1.c1cc[c]([Sn]([c]2ccccc2)[c]2ccccc2)cc1. The van der Waals surface area contributed by atoms with Gasteiger partial charge in [0.05, 0.1) is 0 Å². The summed E-state index contributed by atoms with van der Waals surface area (Å²) in [4.78, 5) is 28.1. The van der Waals surface area contributed by atoms with Crippen molar-refractivity contribution >= 4 is 44.7 Å². The molecule has 0 aromatic heterocycles. The molecule has 1 radical (unpaired) electrons. The van der Waals surface area contributed by atoms with Crippen molar-refractivity contribution in [3.8, 4) is 0 Å². The summed E-state index contributed by atoms with van der Waals surface area (Å²) in [5, 5.41) is 0. The van der Waals surface area contributed by atoms with E-state index >= 15 is 0 Å². The van der Waals surface area contributed by atoms with E-state index in [1.54, 1.807) is 0 Å². The normalized spacial score (nSPS) is 8.94. The van der Waals surface area contributed by atoms with Crippen molar-refractivity contribution in [1.29, 1.82) is 0 Å². The monoisotopic (exact) mass is 552 g/mol. The zero-order valence-corrected chi connectivity index (χ0v) is 20.8. The molecule has 0 saturated heterocycles. The summed E-state index contributed by atoms with van der Waals surface area (Å²) in [5.41, 5.74) is 0. The second-order valence-corrected chi connectivity index (χ2v) is 14.8. The van der Waals surface area contributed by atoms with Gasteiger partial charge in [0.15, 0.2) is 0 Å². The van der Waals surface area contributed by atoms with Gasteiger partial charge in [-0.2, -0.15) is 18.2 Å². The number of carbonyl (C=O) groups excluding carboxylic acids is 3. The van der Waals surface area contributed by atoms with Crippen LogP contribution in [0.25, 0.3) is 0 Å². The van der Waals surface area contributed by atoms with Gasteiger partial charge in [-0.05, 0) is 0 Å². The zero-order chi connectivity index (χ0) is 22.2. The summed E-state index contributed by atoms with van der Waals surface area (Å²) in [6.45, 7) is 0. The summed E-state index contributed by atoms with van der Waals surface area (Å²) in [5.74, 6) is 0. The molecule has 0 heterocycles. The molecular weight excluding hydrogens is 531 g/mol. The molecule has 0 amide bonds. The molecule has 0 aliphatic rings. The number of hydrogen-bond donors (Lipinski definition) is 0. The van der Waals surface area contributed by atoms with Crippen LogP contribution in [0.3, 0.4) is 0 Å². The van der Waals surface area contributed by atoms with Gasteiger partial charge in [0.2, 0.25) is 0 Å². The molecule has 0 aliphatic heterocycles. The molecule has 0 spiro atoms. The first-order chi connectivity index (χ1) is 15.3. The van der Waals surface area contributed by atoms with Crippen LogP contribution >= 0.6 is 0 Å². The first-order valence-corrected chi connectivity index (χ1v) is 15.6. The van der Waals surface area contributed by atoms with Crippen LogP contribution in [0.4, 0.5) is 0 Å². The molecule has 3 nitrogen and oxygen atoms in total. The Labute approximate surface area is 192 Å². The van der Waals surface area contributed by atoms with Crippen molar-refractivity contribution in [1.82, 2.24) is 0 Å². The fraction of sp³-hybridized carbons (Fsp3) is 0. The van der Waals surface area contributed by atoms with Crippen LogP contribution in [-0.4, -0.2) is 34.0 Å². The van der Waals surface area contributed by atoms with E-state index in [9.17, 15) is 14.4 Å². The molecule has 0 aliphatic carbocycles. The molecule has 0 bridgehead atoms. The Bertz CT molecular complexity index is 1080. The van der Waals surface area contributed by atoms with Crippen molar-refractivity contribution in [2.75, 3.05) is 0 Å². The van der Waals surface area contributed by atoms with Crippen LogP contribution < -0.4 is 10.7 Å². The fourth-order valence-electron chi connectivity index (χ4n) is 2.69. The molecule has 0 N–H and O–H groups in total. The van der Waals surface area contributed by atoms with Gasteiger partial charge in [0, 0.05) is 0 Å². The van der Waals surface area contributed by atoms with Crippen LogP contribution in [0.1, 0.15) is 0 Å². The Morgan fingerprint density at radius 1 is 0.516 bits per heavy atom. The average Bonchev–Trinajstić information content (AvgIpc) is 3.44. The van der Waals surface area contributed by atoms with Crippen molar-refractivity contribution in [3.05, 3.63) is 121 Å². The van der Waals surface area contributed by atoms with E-state index in [2.05, 4.69) is 91.0 Å². The topological polar surface area (TPSA) is 51.2 Å². The molecule has 153 valence electrons. The molecular formula is C26H20CrO3Sn-. The number of benzene rings is 3. The second kappa shape index (κ2) is 15.0. The summed E-state index contributed by atoms with van der Waals surface area (Å²) in [6, 6.07) is 42.9. The minimum absolute atomic E-state index is 1.23. The van der Waals surface area contributed by atoms with Gasteiger partial charge in [-0.15, -0.1) is 0 Å². The third kappa shape index (κ3) is 8.77. The van der Waals surface area contributed by atoms with Gasteiger partial charge in [-0.3, -0.25) is 0 Å². The predicted octanol–water partition coefficient (Wildman–Crippen LogP) is 2.41. The van der Waals surface area contributed by atoms with Crippen LogP contribution in [0.5, 0.6) is 0 Å². The molecule has 31 heavy (non-hydrogen) atoms. The van der Waals surface area contributed by atoms with E-state index in [1.165, 1.54) is 25.0 Å². The van der Waals surface area contributed by atoms with Crippen LogP contribution in [0, 0.1) is 0 Å². The van der Waals surface area contributed by atoms with Crippen LogP contribution in [0.2, 0.25) is 0 Å². The third-order valence-electron chi connectivity index (χ3n) is 3.99. The Morgan fingerprint density at radius 2 is 0.839 bits per heavy atom. The maximum atomic E-state index is 9.37. The summed E-state index contributed by atoms with van der Waals surface area (Å²) < 4.78 is 8.28. The molecule has 0 atom stereocenters. The van der Waals surface area contributed by atoms with Crippen molar-refractivity contribution in [3.63, 3.8) is 0 Å². The van der Waals surface area contributed by atoms with E-state index in [0.717, 1.165) is 0 Å². The first-order valence-electron chi connectivity index (χ1n) is 9.37. The number of hydrogen-bond acceptors (Lipinski definition) is 3. The standard InChI is InChI=1S/3C6H5.C5H5.3CO.Cr.Sn/c3*1-2-4-6-5-3-1;1-2-4-5-3-1;3*1-2;;/h3*1-5H;1-5H;;;;;/q;;;-1;;;;;. The van der Waals surface area contributed by atoms with E-state index in [4.69, 9.17) is 0 Å². The van der Waals surface area contributed by atoms with Crippen LogP contribution in [0.15, 0.2) is 121 Å². The van der Waals surface area contributed by atoms with Gasteiger partial charge >= 0.3 is 163 Å². The third-order valence-corrected chi connectivity index (χ3v) is 12.6. The molecule has 4 rings (SSSR count). The molecule has 5 heteroatoms. The van der Waals surface area contributed by atoms with Gasteiger partial charge in [0.25, 0.3) is 0 Å². The van der Waals surface area contributed by atoms with Gasteiger partial charge < -0.3 is 0 Å². The Balaban J connectivity index is 0.000000234. The maximum absolute atomic E-state index is 9.37. The second-order valence-electron chi connectivity index (χ2n) is 5.99. The minimum atomic E-state index is -2.47. The Kier molecular flexibility index (Phi) is 11.8. The van der Waals surface area contributed by atoms with Gasteiger partial charge in [-0.25, -0.2) is 12.1 Å². The van der Waals surface area contributed by atoms with Crippen molar-refractivity contribution in [2.24, 2.45) is 0 Å². The molecule has 4 aromatic carbocycles. The van der Waals surface area contributed by atoms with Gasteiger partial charge in [-0.1, -0.05) is 0 Å². The van der Waals surface area contributed by atoms with E-state index in [0.29, 0.717) is 0 Å². The van der Waals surface area contributed by atoms with Gasteiger partial charge in [0.1, 0.15) is 0 Å². The van der Waals surface area contributed by atoms with E-state index in [-0.39, 0.29) is 0 Å². The van der Waals surface area contributed by atoms with E-state index in [1.807, 2.05) is 30.3 Å². The van der Waals surface area contributed by atoms with Crippen LogP contribution in [-0.2, 0) is 27.2 Å². The number of rotatable bonds is 3. The Hall–Kier alpha value is -2.92. The molecule has 0 saturated carbocycles. The van der Waals surface area contributed by atoms with Crippen molar-refractivity contribution < 1.29 is 27.2 Å². The fourth-order valence-corrected chi connectivity index (χ4v) is 10.2. The summed E-state index contributed by atoms with van der Waals surface area (Å²) in [7, 11) is 0. The quantitative estimate of drug-likeness (QED) is 0.291.